The molecule has 0 aliphatic carbocycles. The van der Waals surface area contributed by atoms with E-state index in [1.807, 2.05) is 65.0 Å². The van der Waals surface area contributed by atoms with Gasteiger partial charge in [-0.3, -0.25) is 4.79 Å². The van der Waals surface area contributed by atoms with E-state index < -0.39 is 5.41 Å². The number of hydrogen-bond acceptors (Lipinski definition) is 3. The number of aromatic nitrogens is 1. The number of amides is 1. The molecule has 2 aromatic rings. The summed E-state index contributed by atoms with van der Waals surface area (Å²) < 4.78 is 5.97. The van der Waals surface area contributed by atoms with Gasteiger partial charge in [0.2, 0.25) is 5.91 Å². The molecule has 0 aliphatic rings. The second kappa shape index (κ2) is 8.00. The average Bonchev–Trinajstić information content (AvgIpc) is 2.53. The number of alkyl halides is 1. The molecule has 2 rings (SSSR count). The van der Waals surface area contributed by atoms with Crippen molar-refractivity contribution in [1.82, 2.24) is 4.98 Å². The zero-order valence-electron chi connectivity index (χ0n) is 15.4. The van der Waals surface area contributed by atoms with Gasteiger partial charge in [-0.1, -0.05) is 48.8 Å². The summed E-state index contributed by atoms with van der Waals surface area (Å²) in [6.07, 6.45) is 0.0631. The minimum absolute atomic E-state index is 0.0631. The van der Waals surface area contributed by atoms with E-state index in [9.17, 15) is 4.79 Å². The van der Waals surface area contributed by atoms with Crippen molar-refractivity contribution in [3.8, 4) is 17.0 Å². The summed E-state index contributed by atoms with van der Waals surface area (Å²) in [5, 5.41) is 3.64. The van der Waals surface area contributed by atoms with Gasteiger partial charge in [0.05, 0.1) is 11.8 Å². The lowest BCUT2D eigenvalue weighted by Gasteiger charge is -2.18. The Balaban J connectivity index is 2.38. The molecule has 1 aromatic heterocycles. The number of carbonyl (C=O) groups is 1. The van der Waals surface area contributed by atoms with Crippen LogP contribution in [-0.4, -0.2) is 17.0 Å². The van der Waals surface area contributed by atoms with Crippen LogP contribution in [0.25, 0.3) is 11.3 Å². The first-order valence-corrected chi connectivity index (χ1v) is 9.47. The van der Waals surface area contributed by atoms with E-state index in [-0.39, 0.29) is 12.0 Å². The average molecular weight is 405 g/mol. The van der Waals surface area contributed by atoms with Gasteiger partial charge in [-0.15, -0.1) is 0 Å². The van der Waals surface area contributed by atoms with Gasteiger partial charge in [-0.05, 0) is 43.7 Å². The van der Waals surface area contributed by atoms with Crippen molar-refractivity contribution < 1.29 is 9.53 Å². The molecule has 0 atom stereocenters. The maximum atomic E-state index is 12.2. The molecule has 1 aromatic carbocycles. The topological polar surface area (TPSA) is 51.2 Å². The molecular weight excluding hydrogens is 380 g/mol. The Morgan fingerprint density at radius 3 is 2.56 bits per heavy atom. The molecule has 0 saturated heterocycles. The van der Waals surface area contributed by atoms with Crippen LogP contribution in [0.15, 0.2) is 36.4 Å². The van der Waals surface area contributed by atoms with Crippen LogP contribution < -0.4 is 10.1 Å². The number of pyridine rings is 1. The van der Waals surface area contributed by atoms with E-state index in [2.05, 4.69) is 26.2 Å². The number of halogens is 1. The van der Waals surface area contributed by atoms with Crippen LogP contribution in [0.1, 0.15) is 40.2 Å². The minimum Gasteiger partial charge on any atom is -0.490 e. The maximum absolute atomic E-state index is 12.2. The largest absolute Gasteiger partial charge is 0.490 e. The predicted molar refractivity (Wildman–Crippen MR) is 106 cm³/mol. The Labute approximate surface area is 158 Å². The van der Waals surface area contributed by atoms with E-state index in [1.165, 1.54) is 0 Å². The first-order valence-electron chi connectivity index (χ1n) is 8.35. The minimum atomic E-state index is -0.471. The number of anilines is 1. The summed E-state index contributed by atoms with van der Waals surface area (Å²) in [5.74, 6) is 1.27. The van der Waals surface area contributed by atoms with Crippen molar-refractivity contribution in [3.63, 3.8) is 0 Å². The van der Waals surface area contributed by atoms with Gasteiger partial charge in [0.25, 0.3) is 0 Å². The summed E-state index contributed by atoms with van der Waals surface area (Å²) in [4.78, 5) is 16.8. The molecule has 0 bridgehead atoms. The summed E-state index contributed by atoms with van der Waals surface area (Å²) in [5.41, 5.74) is 2.34. The fourth-order valence-electron chi connectivity index (χ4n) is 2.17. The normalized spacial score (nSPS) is 11.5. The van der Waals surface area contributed by atoms with Gasteiger partial charge in [0.15, 0.2) is 0 Å². The van der Waals surface area contributed by atoms with Crippen molar-refractivity contribution in [2.24, 2.45) is 5.41 Å². The highest BCUT2D eigenvalue weighted by atomic mass is 79.9. The highest BCUT2D eigenvalue weighted by Crippen LogP contribution is 2.32. The van der Waals surface area contributed by atoms with Crippen molar-refractivity contribution in [2.75, 3.05) is 5.32 Å². The third-order valence-corrected chi connectivity index (χ3v) is 4.16. The Morgan fingerprint density at radius 1 is 1.24 bits per heavy atom. The standard InChI is InChI=1S/C20H25BrN2O2/c1-13(2)25-17-11-14(12-21)9-10-15(17)16-7-6-8-18(22-16)23-19(24)20(3,4)5/h6-11,13H,12H2,1-5H3,(H,22,23,24). The molecule has 5 heteroatoms. The highest BCUT2D eigenvalue weighted by Gasteiger charge is 2.21. The second-order valence-electron chi connectivity index (χ2n) is 7.24. The first-order chi connectivity index (χ1) is 11.7. The predicted octanol–water partition coefficient (Wildman–Crippen LogP) is 5.42. The SMILES string of the molecule is CC(C)Oc1cc(CBr)ccc1-c1cccc(NC(=O)C(C)(C)C)n1. The molecule has 1 N–H and O–H groups in total. The van der Waals surface area contributed by atoms with Crippen molar-refractivity contribution in [1.29, 1.82) is 0 Å². The molecule has 0 spiro atoms. The summed E-state index contributed by atoms with van der Waals surface area (Å²) in [6.45, 7) is 9.62. The molecular formula is C20H25BrN2O2. The van der Waals surface area contributed by atoms with Crippen LogP contribution in [0.4, 0.5) is 5.82 Å². The van der Waals surface area contributed by atoms with E-state index in [4.69, 9.17) is 4.74 Å². The van der Waals surface area contributed by atoms with E-state index in [1.54, 1.807) is 6.07 Å². The molecule has 1 heterocycles. The number of hydrogen-bond donors (Lipinski definition) is 1. The van der Waals surface area contributed by atoms with Gasteiger partial charge < -0.3 is 10.1 Å². The van der Waals surface area contributed by atoms with Crippen LogP contribution in [0.2, 0.25) is 0 Å². The molecule has 0 saturated carbocycles. The Bertz CT molecular complexity index is 752. The van der Waals surface area contributed by atoms with E-state index >= 15 is 0 Å². The number of benzene rings is 1. The maximum Gasteiger partial charge on any atom is 0.230 e. The van der Waals surface area contributed by atoms with E-state index in [0.717, 1.165) is 27.9 Å². The zero-order valence-corrected chi connectivity index (χ0v) is 17.0. The fourth-order valence-corrected chi connectivity index (χ4v) is 2.52. The molecule has 134 valence electrons. The van der Waals surface area contributed by atoms with Gasteiger partial charge >= 0.3 is 0 Å². The zero-order chi connectivity index (χ0) is 18.6. The monoisotopic (exact) mass is 404 g/mol. The summed E-state index contributed by atoms with van der Waals surface area (Å²) >= 11 is 3.48. The summed E-state index contributed by atoms with van der Waals surface area (Å²) in [6, 6.07) is 11.7. The molecule has 1 amide bonds. The molecule has 4 nitrogen and oxygen atoms in total. The van der Waals surface area contributed by atoms with Crippen LogP contribution in [0, 0.1) is 5.41 Å². The second-order valence-corrected chi connectivity index (χ2v) is 7.80. The molecule has 0 fully saturated rings. The smallest absolute Gasteiger partial charge is 0.230 e. The molecule has 0 aliphatic heterocycles. The van der Waals surface area contributed by atoms with Crippen LogP contribution in [0.5, 0.6) is 5.75 Å². The van der Waals surface area contributed by atoms with E-state index in [0.29, 0.717) is 5.82 Å². The lowest BCUT2D eigenvalue weighted by Crippen LogP contribution is -2.28. The van der Waals surface area contributed by atoms with Crippen LogP contribution in [-0.2, 0) is 10.1 Å². The lowest BCUT2D eigenvalue weighted by molar-refractivity contribution is -0.123. The molecule has 0 radical (unpaired) electrons. The van der Waals surface area contributed by atoms with Gasteiger partial charge in [0.1, 0.15) is 11.6 Å². The molecule has 25 heavy (non-hydrogen) atoms. The number of rotatable bonds is 5. The number of ether oxygens (including phenoxy) is 1. The number of carbonyl (C=O) groups excluding carboxylic acids is 1. The van der Waals surface area contributed by atoms with Crippen molar-refractivity contribution >= 4 is 27.7 Å². The van der Waals surface area contributed by atoms with Crippen LogP contribution >= 0.6 is 15.9 Å². The first kappa shape index (κ1) is 19.4. The van der Waals surface area contributed by atoms with Gasteiger partial charge in [-0.2, -0.15) is 0 Å². The Morgan fingerprint density at radius 2 is 1.96 bits per heavy atom. The van der Waals surface area contributed by atoms with Gasteiger partial charge in [0, 0.05) is 16.3 Å². The third-order valence-electron chi connectivity index (χ3n) is 3.51. The Hall–Kier alpha value is -1.88. The van der Waals surface area contributed by atoms with Crippen molar-refractivity contribution in [2.45, 2.75) is 46.1 Å². The van der Waals surface area contributed by atoms with Crippen LogP contribution in [0.3, 0.4) is 0 Å². The quantitative estimate of drug-likeness (QED) is 0.677. The Kier molecular flexibility index (Phi) is 6.22. The third kappa shape index (κ3) is 5.30. The number of nitrogens with zero attached hydrogens (tertiary/aromatic N) is 1. The number of nitrogens with one attached hydrogen (secondary N) is 1. The fraction of sp³-hybridized carbons (Fsp3) is 0.400. The van der Waals surface area contributed by atoms with Crippen molar-refractivity contribution in [3.05, 3.63) is 42.0 Å². The van der Waals surface area contributed by atoms with Gasteiger partial charge in [-0.25, -0.2) is 4.98 Å². The molecule has 0 unspecified atom stereocenters. The lowest BCUT2D eigenvalue weighted by atomic mass is 9.96. The summed E-state index contributed by atoms with van der Waals surface area (Å²) in [7, 11) is 0. The highest BCUT2D eigenvalue weighted by molar-refractivity contribution is 9.08.